The predicted molar refractivity (Wildman–Crippen MR) is 48.5 cm³/mol. The molecule has 2 unspecified atom stereocenters. The topological polar surface area (TPSA) is 69.6 Å². The zero-order valence-corrected chi connectivity index (χ0v) is 7.90. The lowest BCUT2D eigenvalue weighted by molar-refractivity contribution is -0.125. The normalized spacial score (nSPS) is 32.5. The first-order valence-corrected chi connectivity index (χ1v) is 4.95. The number of aliphatic hydroxyl groups is 1. The molecule has 0 aromatic rings. The van der Waals surface area contributed by atoms with Crippen LogP contribution in [0.3, 0.4) is 0 Å². The van der Waals surface area contributed by atoms with E-state index in [1.54, 1.807) is 0 Å². The van der Waals surface area contributed by atoms with Crippen LogP contribution in [-0.4, -0.2) is 41.1 Å². The maximum absolute atomic E-state index is 11.2. The van der Waals surface area contributed by atoms with Crippen LogP contribution in [-0.2, 0) is 4.79 Å². The fourth-order valence-corrected chi connectivity index (χ4v) is 2.10. The van der Waals surface area contributed by atoms with E-state index < -0.39 is 0 Å². The molecule has 0 radical (unpaired) electrons. The summed E-state index contributed by atoms with van der Waals surface area (Å²) in [6.45, 7) is 0.466. The molecular formula is C9H14N2O3. The van der Waals surface area contributed by atoms with E-state index in [4.69, 9.17) is 0 Å². The molecule has 2 N–H and O–H groups in total. The van der Waals surface area contributed by atoms with Crippen molar-refractivity contribution in [1.29, 1.82) is 0 Å². The lowest BCUT2D eigenvalue weighted by Gasteiger charge is -2.19. The van der Waals surface area contributed by atoms with Crippen LogP contribution < -0.4 is 5.32 Å². The summed E-state index contributed by atoms with van der Waals surface area (Å²) in [7, 11) is 0. The third kappa shape index (κ3) is 1.59. The molecule has 1 saturated carbocycles. The van der Waals surface area contributed by atoms with E-state index in [0.29, 0.717) is 6.54 Å². The smallest absolute Gasteiger partial charge is 0.324 e. The van der Waals surface area contributed by atoms with E-state index in [2.05, 4.69) is 5.32 Å². The minimum Gasteiger partial charge on any atom is -0.393 e. The summed E-state index contributed by atoms with van der Waals surface area (Å²) in [5.41, 5.74) is 0. The number of amides is 3. The molecule has 5 nitrogen and oxygen atoms in total. The van der Waals surface area contributed by atoms with E-state index in [0.717, 1.165) is 19.3 Å². The molecule has 3 amide bonds. The summed E-state index contributed by atoms with van der Waals surface area (Å²) in [6, 6.07) is -0.325. The van der Waals surface area contributed by atoms with Gasteiger partial charge in [-0.1, -0.05) is 6.42 Å². The maximum Gasteiger partial charge on any atom is 0.324 e. The van der Waals surface area contributed by atoms with Gasteiger partial charge in [-0.2, -0.15) is 0 Å². The van der Waals surface area contributed by atoms with Crippen molar-refractivity contribution in [2.45, 2.75) is 25.4 Å². The number of hydrogen-bond acceptors (Lipinski definition) is 3. The van der Waals surface area contributed by atoms with Gasteiger partial charge in [-0.3, -0.25) is 9.69 Å². The third-order valence-corrected chi connectivity index (χ3v) is 2.97. The van der Waals surface area contributed by atoms with Crippen molar-refractivity contribution in [3.8, 4) is 0 Å². The van der Waals surface area contributed by atoms with Gasteiger partial charge in [0.15, 0.2) is 0 Å². The van der Waals surface area contributed by atoms with Gasteiger partial charge in [-0.15, -0.1) is 0 Å². The number of imide groups is 1. The number of nitrogens with one attached hydrogen (secondary N) is 1. The summed E-state index contributed by atoms with van der Waals surface area (Å²) < 4.78 is 0. The number of rotatable bonds is 2. The monoisotopic (exact) mass is 198 g/mol. The average Bonchev–Trinajstić information content (AvgIpc) is 2.67. The highest BCUT2D eigenvalue weighted by atomic mass is 16.3. The molecule has 0 spiro atoms. The summed E-state index contributed by atoms with van der Waals surface area (Å²) in [4.78, 5) is 23.6. The molecule has 1 aliphatic carbocycles. The molecule has 1 saturated heterocycles. The molecule has 78 valence electrons. The number of urea groups is 1. The molecular weight excluding hydrogens is 184 g/mol. The van der Waals surface area contributed by atoms with E-state index in [9.17, 15) is 14.7 Å². The second kappa shape index (κ2) is 3.57. The summed E-state index contributed by atoms with van der Waals surface area (Å²) in [6.07, 6.45) is 2.32. The van der Waals surface area contributed by atoms with Gasteiger partial charge in [0.25, 0.3) is 0 Å². The van der Waals surface area contributed by atoms with Crippen LogP contribution in [0, 0.1) is 5.92 Å². The van der Waals surface area contributed by atoms with Gasteiger partial charge in [0.05, 0.1) is 12.6 Å². The second-order valence-electron chi connectivity index (χ2n) is 3.92. The Morgan fingerprint density at radius 1 is 1.43 bits per heavy atom. The van der Waals surface area contributed by atoms with E-state index in [1.165, 1.54) is 4.90 Å². The van der Waals surface area contributed by atoms with Crippen molar-refractivity contribution in [2.75, 3.05) is 13.1 Å². The molecule has 0 bridgehead atoms. The Morgan fingerprint density at radius 3 is 2.71 bits per heavy atom. The highest BCUT2D eigenvalue weighted by molar-refractivity contribution is 6.01. The van der Waals surface area contributed by atoms with Gasteiger partial charge in [-0.25, -0.2) is 4.79 Å². The Balaban J connectivity index is 1.96. The maximum atomic E-state index is 11.2. The molecule has 0 aromatic heterocycles. The second-order valence-corrected chi connectivity index (χ2v) is 3.92. The van der Waals surface area contributed by atoms with Crippen LogP contribution in [0.4, 0.5) is 4.79 Å². The van der Waals surface area contributed by atoms with Crippen molar-refractivity contribution in [1.82, 2.24) is 10.2 Å². The van der Waals surface area contributed by atoms with Crippen LogP contribution in [0.15, 0.2) is 0 Å². The fraction of sp³-hybridized carbons (Fsp3) is 0.778. The zero-order valence-electron chi connectivity index (χ0n) is 7.90. The highest BCUT2D eigenvalue weighted by Crippen LogP contribution is 2.26. The number of nitrogens with zero attached hydrogens (tertiary/aromatic N) is 1. The fourth-order valence-electron chi connectivity index (χ4n) is 2.10. The molecule has 0 aromatic carbocycles. The number of aliphatic hydroxyl groups excluding tert-OH is 1. The van der Waals surface area contributed by atoms with E-state index >= 15 is 0 Å². The standard InChI is InChI=1S/C9H14N2O3/c12-7-3-1-2-6(7)5-11-8(13)4-10-9(11)14/h6-7,12H,1-5H2,(H,10,14). The Hall–Kier alpha value is -1.10. The van der Waals surface area contributed by atoms with Gasteiger partial charge in [-0.05, 0) is 12.8 Å². The first-order chi connectivity index (χ1) is 6.68. The third-order valence-electron chi connectivity index (χ3n) is 2.97. The van der Waals surface area contributed by atoms with Crippen LogP contribution in [0.1, 0.15) is 19.3 Å². The van der Waals surface area contributed by atoms with Crippen LogP contribution >= 0.6 is 0 Å². The lowest BCUT2D eigenvalue weighted by Crippen LogP contribution is -2.37. The van der Waals surface area contributed by atoms with Crippen LogP contribution in [0.25, 0.3) is 0 Å². The van der Waals surface area contributed by atoms with Gasteiger partial charge < -0.3 is 10.4 Å². The molecule has 5 heteroatoms. The van der Waals surface area contributed by atoms with Crippen LogP contribution in [0.5, 0.6) is 0 Å². The molecule has 1 aliphatic heterocycles. The zero-order chi connectivity index (χ0) is 10.1. The van der Waals surface area contributed by atoms with Crippen molar-refractivity contribution >= 4 is 11.9 Å². The predicted octanol–water partition coefficient (Wildman–Crippen LogP) is -0.301. The molecule has 2 aliphatic rings. The lowest BCUT2D eigenvalue weighted by atomic mass is 10.1. The Morgan fingerprint density at radius 2 is 2.21 bits per heavy atom. The van der Waals surface area contributed by atoms with Crippen molar-refractivity contribution < 1.29 is 14.7 Å². The molecule has 14 heavy (non-hydrogen) atoms. The molecule has 2 fully saturated rings. The molecule has 2 rings (SSSR count). The van der Waals surface area contributed by atoms with E-state index in [-0.39, 0.29) is 30.5 Å². The van der Waals surface area contributed by atoms with Gasteiger partial charge in [0.1, 0.15) is 0 Å². The van der Waals surface area contributed by atoms with Gasteiger partial charge in [0, 0.05) is 12.5 Å². The molecule has 1 heterocycles. The highest BCUT2D eigenvalue weighted by Gasteiger charge is 2.34. The largest absolute Gasteiger partial charge is 0.393 e. The van der Waals surface area contributed by atoms with Crippen molar-refractivity contribution in [3.63, 3.8) is 0 Å². The van der Waals surface area contributed by atoms with Crippen molar-refractivity contribution in [2.24, 2.45) is 5.92 Å². The number of hydrogen-bond donors (Lipinski definition) is 2. The average molecular weight is 198 g/mol. The minimum atomic E-state index is -0.351. The Labute approximate surface area is 82.1 Å². The number of carbonyl (C=O) groups excluding carboxylic acids is 2. The van der Waals surface area contributed by atoms with Gasteiger partial charge in [0.2, 0.25) is 5.91 Å². The van der Waals surface area contributed by atoms with Crippen LogP contribution in [0.2, 0.25) is 0 Å². The summed E-state index contributed by atoms with van der Waals surface area (Å²) in [5.74, 6) is -0.114. The van der Waals surface area contributed by atoms with E-state index in [1.807, 2.05) is 0 Å². The molecule has 2 atom stereocenters. The first-order valence-electron chi connectivity index (χ1n) is 4.95. The summed E-state index contributed by atoms with van der Waals surface area (Å²) >= 11 is 0. The number of carbonyl (C=O) groups is 2. The summed E-state index contributed by atoms with van der Waals surface area (Å²) in [5, 5.41) is 12.0. The van der Waals surface area contributed by atoms with Gasteiger partial charge >= 0.3 is 6.03 Å². The Bertz CT molecular complexity index is 251. The first kappa shape index (κ1) is 9.45. The SMILES string of the molecule is O=C1CNC(=O)N1CC1CCCC1O. The van der Waals surface area contributed by atoms with Crippen molar-refractivity contribution in [3.05, 3.63) is 0 Å². The quantitative estimate of drug-likeness (QED) is 0.598. The minimum absolute atomic E-state index is 0.0720. The Kier molecular flexibility index (Phi) is 2.41.